The van der Waals surface area contributed by atoms with E-state index in [0.717, 1.165) is 13.1 Å². The molecule has 0 bridgehead atoms. The molecule has 3 nitrogen and oxygen atoms in total. The van der Waals surface area contributed by atoms with E-state index >= 15 is 0 Å². The Balaban J connectivity index is 2.13. The highest BCUT2D eigenvalue weighted by molar-refractivity contribution is 5.75. The number of likely N-dealkylation sites (tertiary alicyclic amines) is 1. The van der Waals surface area contributed by atoms with Crippen LogP contribution in [-0.4, -0.2) is 37.0 Å². The van der Waals surface area contributed by atoms with Gasteiger partial charge >= 0.3 is 0 Å². The maximum atomic E-state index is 11.1. The summed E-state index contributed by atoms with van der Waals surface area (Å²) in [5, 5.41) is 2.98. The SMILES string of the molecule is CCC(=O)NCC1CCN(CC)CC1. The van der Waals surface area contributed by atoms with Crippen molar-refractivity contribution in [1.82, 2.24) is 10.2 Å². The lowest BCUT2D eigenvalue weighted by Crippen LogP contribution is -2.38. The van der Waals surface area contributed by atoms with Crippen LogP contribution in [0.4, 0.5) is 0 Å². The molecule has 1 heterocycles. The summed E-state index contributed by atoms with van der Waals surface area (Å²) < 4.78 is 0. The van der Waals surface area contributed by atoms with Gasteiger partial charge in [-0.2, -0.15) is 0 Å². The number of hydrogen-bond acceptors (Lipinski definition) is 2. The molecule has 0 radical (unpaired) electrons. The Hall–Kier alpha value is -0.570. The number of nitrogens with zero attached hydrogens (tertiary/aromatic N) is 1. The van der Waals surface area contributed by atoms with Crippen LogP contribution in [0.3, 0.4) is 0 Å². The molecule has 1 fully saturated rings. The molecule has 0 aliphatic carbocycles. The smallest absolute Gasteiger partial charge is 0.219 e. The molecule has 1 rings (SSSR count). The third kappa shape index (κ3) is 3.66. The summed E-state index contributed by atoms with van der Waals surface area (Å²) in [6, 6.07) is 0. The maximum Gasteiger partial charge on any atom is 0.219 e. The van der Waals surface area contributed by atoms with Crippen molar-refractivity contribution in [3.8, 4) is 0 Å². The van der Waals surface area contributed by atoms with Crippen molar-refractivity contribution in [3.63, 3.8) is 0 Å². The van der Waals surface area contributed by atoms with Crippen molar-refractivity contribution in [2.45, 2.75) is 33.1 Å². The Bertz CT molecular complexity index is 174. The van der Waals surface area contributed by atoms with Crippen LogP contribution in [0.15, 0.2) is 0 Å². The van der Waals surface area contributed by atoms with Gasteiger partial charge in [0.05, 0.1) is 0 Å². The molecule has 0 aromatic rings. The molecule has 0 spiro atoms. The first-order valence-corrected chi connectivity index (χ1v) is 5.75. The summed E-state index contributed by atoms with van der Waals surface area (Å²) in [6.45, 7) is 8.54. The van der Waals surface area contributed by atoms with Gasteiger partial charge < -0.3 is 10.2 Å². The number of rotatable bonds is 4. The van der Waals surface area contributed by atoms with Crippen molar-refractivity contribution in [3.05, 3.63) is 0 Å². The zero-order chi connectivity index (χ0) is 10.4. The molecular formula is C11H22N2O. The van der Waals surface area contributed by atoms with Crippen LogP contribution >= 0.6 is 0 Å². The van der Waals surface area contributed by atoms with Crippen LogP contribution in [0.5, 0.6) is 0 Å². The standard InChI is InChI=1S/C11H22N2O/c1-3-11(14)12-9-10-5-7-13(4-2)8-6-10/h10H,3-9H2,1-2H3,(H,12,14). The first kappa shape index (κ1) is 11.5. The Kier molecular flexibility index (Phi) is 4.94. The molecule has 82 valence electrons. The van der Waals surface area contributed by atoms with E-state index < -0.39 is 0 Å². The summed E-state index contributed by atoms with van der Waals surface area (Å²) in [4.78, 5) is 13.5. The summed E-state index contributed by atoms with van der Waals surface area (Å²) in [5.74, 6) is 0.885. The first-order chi connectivity index (χ1) is 6.76. The molecule has 0 aromatic carbocycles. The van der Waals surface area contributed by atoms with Gasteiger partial charge in [-0.25, -0.2) is 0 Å². The molecule has 14 heavy (non-hydrogen) atoms. The molecule has 3 heteroatoms. The number of carbonyl (C=O) groups is 1. The predicted molar refractivity (Wildman–Crippen MR) is 58.1 cm³/mol. The fraction of sp³-hybridized carbons (Fsp3) is 0.909. The average Bonchev–Trinajstić information content (AvgIpc) is 2.26. The fourth-order valence-corrected chi connectivity index (χ4v) is 1.89. The summed E-state index contributed by atoms with van der Waals surface area (Å²) in [6.07, 6.45) is 3.07. The second kappa shape index (κ2) is 6.02. The molecule has 1 aliphatic rings. The highest BCUT2D eigenvalue weighted by Gasteiger charge is 2.17. The Morgan fingerprint density at radius 3 is 2.50 bits per heavy atom. The number of carbonyl (C=O) groups excluding carboxylic acids is 1. The van der Waals surface area contributed by atoms with Gasteiger partial charge in [-0.3, -0.25) is 4.79 Å². The largest absolute Gasteiger partial charge is 0.356 e. The van der Waals surface area contributed by atoms with E-state index in [4.69, 9.17) is 0 Å². The molecule has 0 saturated carbocycles. The lowest BCUT2D eigenvalue weighted by Gasteiger charge is -2.30. The van der Waals surface area contributed by atoms with Crippen LogP contribution in [0, 0.1) is 5.92 Å². The third-order valence-corrected chi connectivity index (χ3v) is 3.06. The zero-order valence-electron chi connectivity index (χ0n) is 9.38. The quantitative estimate of drug-likeness (QED) is 0.737. The van der Waals surface area contributed by atoms with Crippen molar-refractivity contribution in [2.75, 3.05) is 26.2 Å². The second-order valence-corrected chi connectivity index (χ2v) is 4.04. The van der Waals surface area contributed by atoms with Gasteiger partial charge in [0.2, 0.25) is 5.91 Å². The van der Waals surface area contributed by atoms with E-state index in [9.17, 15) is 4.79 Å². The number of hydrogen-bond donors (Lipinski definition) is 1. The van der Waals surface area contributed by atoms with Gasteiger partial charge in [0.15, 0.2) is 0 Å². The minimum Gasteiger partial charge on any atom is -0.356 e. The molecular weight excluding hydrogens is 176 g/mol. The minimum atomic E-state index is 0.183. The molecule has 1 N–H and O–H groups in total. The van der Waals surface area contributed by atoms with E-state index in [-0.39, 0.29) is 5.91 Å². The van der Waals surface area contributed by atoms with E-state index in [2.05, 4.69) is 17.1 Å². The summed E-state index contributed by atoms with van der Waals surface area (Å²) in [7, 11) is 0. The molecule has 1 aliphatic heterocycles. The van der Waals surface area contributed by atoms with Crippen LogP contribution in [0.25, 0.3) is 0 Å². The van der Waals surface area contributed by atoms with Crippen molar-refractivity contribution >= 4 is 5.91 Å². The lowest BCUT2D eigenvalue weighted by atomic mass is 9.97. The van der Waals surface area contributed by atoms with Crippen LogP contribution < -0.4 is 5.32 Å². The van der Waals surface area contributed by atoms with Gasteiger partial charge in [-0.05, 0) is 38.4 Å². The minimum absolute atomic E-state index is 0.183. The highest BCUT2D eigenvalue weighted by Crippen LogP contribution is 2.15. The topological polar surface area (TPSA) is 32.3 Å². The van der Waals surface area contributed by atoms with E-state index in [1.807, 2.05) is 6.92 Å². The number of piperidine rings is 1. The van der Waals surface area contributed by atoms with Gasteiger partial charge in [-0.1, -0.05) is 13.8 Å². The van der Waals surface area contributed by atoms with Gasteiger partial charge in [0.25, 0.3) is 0 Å². The monoisotopic (exact) mass is 198 g/mol. The molecule has 0 aromatic heterocycles. The Morgan fingerprint density at radius 2 is 2.00 bits per heavy atom. The van der Waals surface area contributed by atoms with E-state index in [1.165, 1.54) is 25.9 Å². The number of nitrogens with one attached hydrogen (secondary N) is 1. The van der Waals surface area contributed by atoms with Gasteiger partial charge in [-0.15, -0.1) is 0 Å². The summed E-state index contributed by atoms with van der Waals surface area (Å²) in [5.41, 5.74) is 0. The zero-order valence-corrected chi connectivity index (χ0v) is 9.38. The Morgan fingerprint density at radius 1 is 1.36 bits per heavy atom. The van der Waals surface area contributed by atoms with E-state index in [0.29, 0.717) is 12.3 Å². The molecule has 0 unspecified atom stereocenters. The summed E-state index contributed by atoms with van der Waals surface area (Å²) >= 11 is 0. The predicted octanol–water partition coefficient (Wildman–Crippen LogP) is 1.24. The third-order valence-electron chi connectivity index (χ3n) is 3.06. The van der Waals surface area contributed by atoms with Crippen LogP contribution in [0.2, 0.25) is 0 Å². The average molecular weight is 198 g/mol. The van der Waals surface area contributed by atoms with Crippen LogP contribution in [-0.2, 0) is 4.79 Å². The first-order valence-electron chi connectivity index (χ1n) is 5.75. The normalized spacial score (nSPS) is 19.6. The van der Waals surface area contributed by atoms with Gasteiger partial charge in [0.1, 0.15) is 0 Å². The Labute approximate surface area is 86.9 Å². The fourth-order valence-electron chi connectivity index (χ4n) is 1.89. The molecule has 1 saturated heterocycles. The lowest BCUT2D eigenvalue weighted by molar-refractivity contribution is -0.121. The number of amides is 1. The van der Waals surface area contributed by atoms with Crippen LogP contribution in [0.1, 0.15) is 33.1 Å². The van der Waals surface area contributed by atoms with Crippen molar-refractivity contribution in [1.29, 1.82) is 0 Å². The maximum absolute atomic E-state index is 11.1. The molecule has 1 amide bonds. The van der Waals surface area contributed by atoms with Crippen molar-refractivity contribution < 1.29 is 4.79 Å². The van der Waals surface area contributed by atoms with Crippen molar-refractivity contribution in [2.24, 2.45) is 5.92 Å². The highest BCUT2D eigenvalue weighted by atomic mass is 16.1. The second-order valence-electron chi connectivity index (χ2n) is 4.04. The van der Waals surface area contributed by atoms with Gasteiger partial charge in [0, 0.05) is 13.0 Å². The molecule has 0 atom stereocenters. The van der Waals surface area contributed by atoms with E-state index in [1.54, 1.807) is 0 Å².